The Kier molecular flexibility index (Phi) is 7.05. The van der Waals surface area contributed by atoms with Gasteiger partial charge in [-0.1, -0.05) is 48.5 Å². The van der Waals surface area contributed by atoms with Gasteiger partial charge in [-0.3, -0.25) is 4.79 Å². The predicted molar refractivity (Wildman–Crippen MR) is 141 cm³/mol. The van der Waals surface area contributed by atoms with E-state index in [2.05, 4.69) is 34.9 Å². The molecule has 1 amide bonds. The molecular formula is C30H31N3O2. The molecule has 0 aliphatic heterocycles. The summed E-state index contributed by atoms with van der Waals surface area (Å²) in [7, 11) is 0. The summed E-state index contributed by atoms with van der Waals surface area (Å²) in [4.78, 5) is 18.3. The van der Waals surface area contributed by atoms with Crippen molar-refractivity contribution in [1.29, 1.82) is 0 Å². The van der Waals surface area contributed by atoms with Crippen molar-refractivity contribution in [2.24, 2.45) is 0 Å². The molecule has 3 aromatic carbocycles. The Morgan fingerprint density at radius 3 is 2.49 bits per heavy atom. The third kappa shape index (κ3) is 5.52. The van der Waals surface area contributed by atoms with Gasteiger partial charge in [0.05, 0.1) is 23.4 Å². The fourth-order valence-corrected chi connectivity index (χ4v) is 4.82. The Balaban J connectivity index is 1.31. The van der Waals surface area contributed by atoms with Crippen LogP contribution in [-0.4, -0.2) is 29.6 Å². The highest BCUT2D eigenvalue weighted by Gasteiger charge is 2.26. The molecule has 1 aliphatic rings. The lowest BCUT2D eigenvalue weighted by atomic mass is 10.0. The van der Waals surface area contributed by atoms with Crippen LogP contribution in [0.5, 0.6) is 5.75 Å². The van der Waals surface area contributed by atoms with Gasteiger partial charge in [0.15, 0.2) is 0 Å². The smallest absolute Gasteiger partial charge is 0.252 e. The molecule has 0 saturated heterocycles. The van der Waals surface area contributed by atoms with Crippen LogP contribution >= 0.6 is 0 Å². The second kappa shape index (κ2) is 10.7. The molecule has 0 unspecified atom stereocenters. The molecule has 1 fully saturated rings. The van der Waals surface area contributed by atoms with Crippen molar-refractivity contribution >= 4 is 16.8 Å². The van der Waals surface area contributed by atoms with Crippen LogP contribution in [0.3, 0.4) is 0 Å². The van der Waals surface area contributed by atoms with Crippen molar-refractivity contribution in [2.45, 2.75) is 44.8 Å². The minimum absolute atomic E-state index is 0.0375. The average molecular weight is 466 g/mol. The molecule has 5 heteroatoms. The van der Waals surface area contributed by atoms with Gasteiger partial charge < -0.3 is 15.4 Å². The lowest BCUT2D eigenvalue weighted by Gasteiger charge is -2.16. The van der Waals surface area contributed by atoms with Gasteiger partial charge in [0, 0.05) is 29.6 Å². The number of aromatic nitrogens is 1. The van der Waals surface area contributed by atoms with E-state index >= 15 is 0 Å². The first-order chi connectivity index (χ1) is 17.2. The minimum Gasteiger partial charge on any atom is -0.494 e. The van der Waals surface area contributed by atoms with E-state index in [9.17, 15) is 4.79 Å². The third-order valence-corrected chi connectivity index (χ3v) is 6.63. The number of para-hydroxylation sites is 1. The minimum atomic E-state index is -0.0375. The number of hydrogen-bond acceptors (Lipinski definition) is 4. The zero-order valence-corrected chi connectivity index (χ0v) is 20.0. The maximum absolute atomic E-state index is 13.4. The van der Waals surface area contributed by atoms with Crippen LogP contribution < -0.4 is 15.4 Å². The van der Waals surface area contributed by atoms with E-state index in [4.69, 9.17) is 9.72 Å². The number of carbonyl (C=O) groups excluding carboxylic acids is 1. The van der Waals surface area contributed by atoms with E-state index in [0.29, 0.717) is 18.2 Å². The molecule has 1 aromatic heterocycles. The number of nitrogens with zero attached hydrogens (tertiary/aromatic N) is 1. The Labute approximate surface area is 206 Å². The summed E-state index contributed by atoms with van der Waals surface area (Å²) in [5, 5.41) is 7.81. The zero-order valence-electron chi connectivity index (χ0n) is 20.0. The average Bonchev–Trinajstić information content (AvgIpc) is 3.35. The summed E-state index contributed by atoms with van der Waals surface area (Å²) in [6, 6.07) is 28.6. The lowest BCUT2D eigenvalue weighted by molar-refractivity contribution is 0.0939. The topological polar surface area (TPSA) is 63.2 Å². The van der Waals surface area contributed by atoms with Crippen LogP contribution in [0.15, 0.2) is 84.9 Å². The Morgan fingerprint density at radius 2 is 1.69 bits per heavy atom. The number of hydrogen-bond donors (Lipinski definition) is 2. The summed E-state index contributed by atoms with van der Waals surface area (Å²) >= 11 is 0. The molecule has 1 saturated carbocycles. The Hall–Kier alpha value is -3.70. The first kappa shape index (κ1) is 23.1. The number of carbonyl (C=O) groups is 1. The van der Waals surface area contributed by atoms with E-state index in [-0.39, 0.29) is 11.9 Å². The highest BCUT2D eigenvalue weighted by molar-refractivity contribution is 6.07. The first-order valence-corrected chi connectivity index (χ1v) is 12.4. The van der Waals surface area contributed by atoms with E-state index in [1.54, 1.807) is 0 Å². The maximum atomic E-state index is 13.4. The monoisotopic (exact) mass is 465 g/mol. The molecular weight excluding hydrogens is 434 g/mol. The van der Waals surface area contributed by atoms with Gasteiger partial charge in [0.1, 0.15) is 5.75 Å². The largest absolute Gasteiger partial charge is 0.494 e. The lowest BCUT2D eigenvalue weighted by Crippen LogP contribution is -2.35. The number of rotatable bonds is 8. The summed E-state index contributed by atoms with van der Waals surface area (Å²) in [5.41, 5.74) is 4.51. The van der Waals surface area contributed by atoms with Crippen LogP contribution in [0.2, 0.25) is 0 Å². The van der Waals surface area contributed by atoms with Crippen molar-refractivity contribution in [3.05, 3.63) is 96.1 Å². The van der Waals surface area contributed by atoms with Crippen molar-refractivity contribution in [3.63, 3.8) is 0 Å². The normalized spacial score (nSPS) is 17.4. The van der Waals surface area contributed by atoms with Crippen LogP contribution in [-0.2, 0) is 6.54 Å². The van der Waals surface area contributed by atoms with Crippen molar-refractivity contribution in [1.82, 2.24) is 15.6 Å². The SMILES string of the molecule is CCOc1ccc(-c2cc(C(=O)N[C@@H]3CC[C@H](NCc4ccccc4)C3)c3ccccc3n2)cc1. The molecule has 1 heterocycles. The highest BCUT2D eigenvalue weighted by atomic mass is 16.5. The van der Waals surface area contributed by atoms with E-state index in [0.717, 1.165) is 53.7 Å². The molecule has 2 N–H and O–H groups in total. The molecule has 0 radical (unpaired) electrons. The number of ether oxygens (including phenoxy) is 1. The van der Waals surface area contributed by atoms with E-state index in [1.807, 2.05) is 67.6 Å². The van der Waals surface area contributed by atoms with E-state index in [1.165, 1.54) is 5.56 Å². The summed E-state index contributed by atoms with van der Waals surface area (Å²) in [6.07, 6.45) is 2.98. The van der Waals surface area contributed by atoms with Gasteiger partial charge >= 0.3 is 0 Å². The fraction of sp³-hybridized carbons (Fsp3) is 0.267. The van der Waals surface area contributed by atoms with Crippen LogP contribution in [0.4, 0.5) is 0 Å². The van der Waals surface area contributed by atoms with E-state index < -0.39 is 0 Å². The van der Waals surface area contributed by atoms with Crippen LogP contribution in [0.1, 0.15) is 42.1 Å². The quantitative estimate of drug-likeness (QED) is 0.348. The molecule has 2 atom stereocenters. The molecule has 5 nitrogen and oxygen atoms in total. The predicted octanol–water partition coefficient (Wildman–Crippen LogP) is 5.74. The maximum Gasteiger partial charge on any atom is 0.252 e. The number of fused-ring (bicyclic) bond motifs is 1. The molecule has 4 aromatic rings. The summed E-state index contributed by atoms with van der Waals surface area (Å²) in [5.74, 6) is 0.788. The highest BCUT2D eigenvalue weighted by Crippen LogP contribution is 2.27. The number of nitrogens with one attached hydrogen (secondary N) is 2. The van der Waals surface area contributed by atoms with Gasteiger partial charge in [-0.15, -0.1) is 0 Å². The second-order valence-corrected chi connectivity index (χ2v) is 9.08. The molecule has 35 heavy (non-hydrogen) atoms. The zero-order chi connectivity index (χ0) is 24.0. The standard InChI is InChI=1S/C30H31N3O2/c1-2-35-25-16-12-22(13-17-25)29-19-27(26-10-6-7-11-28(26)33-29)30(34)32-24-15-14-23(18-24)31-20-21-8-4-3-5-9-21/h3-13,16-17,19,23-24,31H,2,14-15,18,20H2,1H3,(H,32,34)/t23-,24+/m0/s1. The van der Waals surface area contributed by atoms with Crippen LogP contribution in [0.25, 0.3) is 22.2 Å². The van der Waals surface area contributed by atoms with Gasteiger partial charge in [0.25, 0.3) is 5.91 Å². The van der Waals surface area contributed by atoms with Crippen molar-refractivity contribution in [3.8, 4) is 17.0 Å². The summed E-state index contributed by atoms with van der Waals surface area (Å²) in [6.45, 7) is 3.45. The molecule has 178 valence electrons. The van der Waals surface area contributed by atoms with Crippen molar-refractivity contribution < 1.29 is 9.53 Å². The summed E-state index contributed by atoms with van der Waals surface area (Å²) < 4.78 is 5.56. The van der Waals surface area contributed by atoms with Gasteiger partial charge in [0.2, 0.25) is 0 Å². The molecule has 5 rings (SSSR count). The molecule has 1 aliphatic carbocycles. The number of pyridine rings is 1. The molecule has 0 spiro atoms. The number of amides is 1. The Bertz CT molecular complexity index is 1290. The second-order valence-electron chi connectivity index (χ2n) is 9.08. The third-order valence-electron chi connectivity index (χ3n) is 6.63. The Morgan fingerprint density at radius 1 is 0.943 bits per heavy atom. The van der Waals surface area contributed by atoms with Crippen LogP contribution in [0, 0.1) is 0 Å². The van der Waals surface area contributed by atoms with Crippen molar-refractivity contribution in [2.75, 3.05) is 6.61 Å². The van der Waals surface area contributed by atoms with Gasteiger partial charge in [-0.05, 0) is 68.1 Å². The van der Waals surface area contributed by atoms with Gasteiger partial charge in [-0.2, -0.15) is 0 Å². The fourth-order valence-electron chi connectivity index (χ4n) is 4.82. The van der Waals surface area contributed by atoms with Gasteiger partial charge in [-0.25, -0.2) is 4.98 Å². The number of benzene rings is 3. The molecule has 0 bridgehead atoms. The first-order valence-electron chi connectivity index (χ1n) is 12.4.